The van der Waals surface area contributed by atoms with E-state index in [0.29, 0.717) is 12.5 Å². The molecule has 1 aromatic carbocycles. The van der Waals surface area contributed by atoms with Crippen LogP contribution in [-0.2, 0) is 9.57 Å². The molecule has 2 bridgehead atoms. The van der Waals surface area contributed by atoms with E-state index < -0.39 is 6.16 Å². The standard InChI is InChI=1S/C17H25N2O4/c18-23-17(20)22-16-13-19(10-7-14(16)8-11-19)9-4-12-21-15-5-2-1-3-6-15/h1-3,5-6,14,16H,4,7-13,18H2/q+1. The molecule has 1 unspecified atom stereocenters. The number of nitrogens with zero attached hydrogens (tertiary/aromatic N) is 1. The van der Waals surface area contributed by atoms with Crippen LogP contribution in [0.2, 0.25) is 0 Å². The van der Waals surface area contributed by atoms with E-state index in [1.807, 2.05) is 30.3 Å². The normalized spacial score (nSPS) is 29.1. The average Bonchev–Trinajstić information content (AvgIpc) is 2.60. The first-order valence-electron chi connectivity index (χ1n) is 8.31. The molecule has 3 saturated heterocycles. The van der Waals surface area contributed by atoms with Gasteiger partial charge >= 0.3 is 6.16 Å². The number of hydrogen-bond acceptors (Lipinski definition) is 5. The topological polar surface area (TPSA) is 70.8 Å². The number of rotatable bonds is 6. The highest BCUT2D eigenvalue weighted by atomic mass is 16.8. The van der Waals surface area contributed by atoms with Gasteiger partial charge in [0.25, 0.3) is 0 Å². The summed E-state index contributed by atoms with van der Waals surface area (Å²) in [6.07, 6.45) is 2.36. The van der Waals surface area contributed by atoms with E-state index in [0.717, 1.165) is 55.7 Å². The molecule has 0 aromatic heterocycles. The number of piperidine rings is 3. The van der Waals surface area contributed by atoms with Gasteiger partial charge < -0.3 is 18.8 Å². The van der Waals surface area contributed by atoms with Crippen LogP contribution in [0, 0.1) is 5.92 Å². The van der Waals surface area contributed by atoms with Gasteiger partial charge in [-0.25, -0.2) is 4.79 Å². The number of para-hydroxylation sites is 1. The van der Waals surface area contributed by atoms with E-state index in [-0.39, 0.29) is 6.10 Å². The van der Waals surface area contributed by atoms with Crippen LogP contribution in [0.3, 0.4) is 0 Å². The zero-order chi connectivity index (χ0) is 16.1. The molecule has 4 rings (SSSR count). The molecule has 2 N–H and O–H groups in total. The van der Waals surface area contributed by atoms with Gasteiger partial charge in [0.2, 0.25) is 0 Å². The highest BCUT2D eigenvalue weighted by Crippen LogP contribution is 2.35. The molecule has 3 aliphatic heterocycles. The Morgan fingerprint density at radius 3 is 2.65 bits per heavy atom. The second-order valence-corrected chi connectivity index (χ2v) is 6.57. The van der Waals surface area contributed by atoms with E-state index in [1.165, 1.54) is 0 Å². The van der Waals surface area contributed by atoms with Gasteiger partial charge in [0, 0.05) is 25.2 Å². The fourth-order valence-electron chi connectivity index (χ4n) is 3.93. The first kappa shape index (κ1) is 16.1. The summed E-state index contributed by atoms with van der Waals surface area (Å²) in [6.45, 7) is 4.95. The molecule has 0 saturated carbocycles. The zero-order valence-corrected chi connectivity index (χ0v) is 13.4. The number of hydrogen-bond donors (Lipinski definition) is 1. The van der Waals surface area contributed by atoms with Gasteiger partial charge in [0.15, 0.2) is 6.10 Å². The van der Waals surface area contributed by atoms with Crippen molar-refractivity contribution >= 4 is 6.16 Å². The van der Waals surface area contributed by atoms with Gasteiger partial charge in [-0.1, -0.05) is 18.2 Å². The van der Waals surface area contributed by atoms with Crippen molar-refractivity contribution in [2.24, 2.45) is 11.8 Å². The summed E-state index contributed by atoms with van der Waals surface area (Å²) in [7, 11) is 0. The van der Waals surface area contributed by atoms with Crippen molar-refractivity contribution in [3.63, 3.8) is 0 Å². The molecule has 6 nitrogen and oxygen atoms in total. The minimum absolute atomic E-state index is 0.0661. The highest BCUT2D eigenvalue weighted by molar-refractivity contribution is 5.59. The Kier molecular flexibility index (Phi) is 5.03. The van der Waals surface area contributed by atoms with Crippen molar-refractivity contribution in [1.82, 2.24) is 0 Å². The number of carbonyl (C=O) groups excluding carboxylic acids is 1. The van der Waals surface area contributed by atoms with Crippen molar-refractivity contribution in [3.05, 3.63) is 30.3 Å². The molecule has 3 heterocycles. The fraction of sp³-hybridized carbons (Fsp3) is 0.588. The molecule has 23 heavy (non-hydrogen) atoms. The maximum atomic E-state index is 11.3. The van der Waals surface area contributed by atoms with Crippen molar-refractivity contribution < 1.29 is 23.6 Å². The van der Waals surface area contributed by atoms with Gasteiger partial charge in [0.1, 0.15) is 12.3 Å². The summed E-state index contributed by atoms with van der Waals surface area (Å²) in [5.41, 5.74) is 0. The monoisotopic (exact) mass is 321 g/mol. The third-order valence-corrected chi connectivity index (χ3v) is 5.17. The molecule has 0 aliphatic carbocycles. The third kappa shape index (κ3) is 3.95. The number of carbonyl (C=O) groups is 1. The van der Waals surface area contributed by atoms with Crippen LogP contribution in [-0.4, -0.2) is 49.5 Å². The van der Waals surface area contributed by atoms with Crippen LogP contribution in [0.15, 0.2) is 30.3 Å². The summed E-state index contributed by atoms with van der Waals surface area (Å²) in [4.78, 5) is 15.4. The van der Waals surface area contributed by atoms with E-state index in [2.05, 4.69) is 4.84 Å². The van der Waals surface area contributed by atoms with Crippen LogP contribution < -0.4 is 10.6 Å². The summed E-state index contributed by atoms with van der Waals surface area (Å²) in [6, 6.07) is 9.88. The van der Waals surface area contributed by atoms with Crippen molar-refractivity contribution in [3.8, 4) is 5.75 Å². The Hall–Kier alpha value is -1.79. The largest absolute Gasteiger partial charge is 0.527 e. The maximum absolute atomic E-state index is 11.3. The molecular weight excluding hydrogens is 296 g/mol. The van der Waals surface area contributed by atoms with Gasteiger partial charge in [-0.05, 0) is 12.1 Å². The first-order chi connectivity index (χ1) is 11.2. The molecule has 0 amide bonds. The van der Waals surface area contributed by atoms with Crippen molar-refractivity contribution in [2.75, 3.05) is 32.8 Å². The number of nitrogens with two attached hydrogens (primary N) is 1. The molecule has 0 spiro atoms. The molecule has 126 valence electrons. The lowest BCUT2D eigenvalue weighted by molar-refractivity contribution is -0.946. The zero-order valence-electron chi connectivity index (χ0n) is 13.4. The number of benzene rings is 1. The highest BCUT2D eigenvalue weighted by Gasteiger charge is 2.47. The quantitative estimate of drug-likeness (QED) is 0.376. The van der Waals surface area contributed by atoms with Gasteiger partial charge in [-0.3, -0.25) is 0 Å². The lowest BCUT2D eigenvalue weighted by Gasteiger charge is -2.51. The Morgan fingerprint density at radius 2 is 1.96 bits per heavy atom. The first-order valence-corrected chi connectivity index (χ1v) is 8.31. The van der Waals surface area contributed by atoms with Crippen LogP contribution in [0.1, 0.15) is 19.3 Å². The maximum Gasteiger partial charge on any atom is 0.527 e. The molecule has 1 atom stereocenters. The van der Waals surface area contributed by atoms with Crippen LogP contribution >= 0.6 is 0 Å². The Morgan fingerprint density at radius 1 is 1.22 bits per heavy atom. The summed E-state index contributed by atoms with van der Waals surface area (Å²) in [5.74, 6) is 6.24. The van der Waals surface area contributed by atoms with Gasteiger partial charge in [0.05, 0.1) is 26.2 Å². The molecule has 3 aliphatic rings. The number of quaternary nitrogens is 1. The Labute approximate surface area is 136 Å². The number of ether oxygens (including phenoxy) is 2. The van der Waals surface area contributed by atoms with Crippen molar-refractivity contribution in [1.29, 1.82) is 0 Å². The fourth-order valence-corrected chi connectivity index (χ4v) is 3.93. The average molecular weight is 321 g/mol. The van der Waals surface area contributed by atoms with Crippen LogP contribution in [0.5, 0.6) is 5.75 Å². The predicted octanol–water partition coefficient (Wildman–Crippen LogP) is 2.09. The molecule has 3 fully saturated rings. The van der Waals surface area contributed by atoms with E-state index >= 15 is 0 Å². The minimum Gasteiger partial charge on any atom is -0.493 e. The van der Waals surface area contributed by atoms with Crippen molar-refractivity contribution in [2.45, 2.75) is 25.4 Å². The lowest BCUT2D eigenvalue weighted by Crippen LogP contribution is -2.64. The second-order valence-electron chi connectivity index (χ2n) is 6.57. The lowest BCUT2D eigenvalue weighted by atomic mass is 9.83. The van der Waals surface area contributed by atoms with Crippen LogP contribution in [0.4, 0.5) is 4.79 Å². The Balaban J connectivity index is 1.47. The summed E-state index contributed by atoms with van der Waals surface area (Å²) >= 11 is 0. The van der Waals surface area contributed by atoms with E-state index in [4.69, 9.17) is 15.4 Å². The molecule has 1 aromatic rings. The third-order valence-electron chi connectivity index (χ3n) is 5.17. The Bertz CT molecular complexity index is 515. The number of fused-ring (bicyclic) bond motifs is 3. The van der Waals surface area contributed by atoms with E-state index in [1.54, 1.807) is 0 Å². The SMILES string of the molecule is NOC(=O)OC1C[N+]2(CCCOc3ccccc3)CCC1CC2. The van der Waals surface area contributed by atoms with Gasteiger partial charge in [-0.15, -0.1) is 0 Å². The molecule has 6 heteroatoms. The summed E-state index contributed by atoms with van der Waals surface area (Å²) in [5, 5.41) is 0. The summed E-state index contributed by atoms with van der Waals surface area (Å²) < 4.78 is 12.1. The smallest absolute Gasteiger partial charge is 0.493 e. The van der Waals surface area contributed by atoms with E-state index in [9.17, 15) is 4.79 Å². The molecular formula is C17H25N2O4+. The molecule has 0 radical (unpaired) electrons. The minimum atomic E-state index is -0.769. The van der Waals surface area contributed by atoms with Crippen LogP contribution in [0.25, 0.3) is 0 Å². The second kappa shape index (κ2) is 7.19. The van der Waals surface area contributed by atoms with Gasteiger partial charge in [-0.2, -0.15) is 5.90 Å². The predicted molar refractivity (Wildman–Crippen MR) is 84.5 cm³/mol.